The highest BCUT2D eigenvalue weighted by Gasteiger charge is 2.37. The SMILES string of the molecule is FC(F)(F)c1nnc2ccc(NC3CCc4[nH]ncc4C3)nn12. The van der Waals surface area contributed by atoms with Gasteiger partial charge in [-0.3, -0.25) is 5.10 Å². The van der Waals surface area contributed by atoms with Gasteiger partial charge in [-0.15, -0.1) is 15.3 Å². The molecule has 0 fully saturated rings. The molecule has 0 bridgehead atoms. The highest BCUT2D eigenvalue weighted by Crippen LogP contribution is 2.28. The molecule has 10 heteroatoms. The number of alkyl halides is 3. The summed E-state index contributed by atoms with van der Waals surface area (Å²) in [5.74, 6) is -0.767. The quantitative estimate of drug-likeness (QED) is 0.752. The Morgan fingerprint density at radius 2 is 2.13 bits per heavy atom. The van der Waals surface area contributed by atoms with E-state index in [4.69, 9.17) is 0 Å². The van der Waals surface area contributed by atoms with E-state index in [1.165, 1.54) is 6.07 Å². The number of nitrogens with zero attached hydrogens (tertiary/aromatic N) is 5. The molecule has 120 valence electrons. The van der Waals surface area contributed by atoms with Crippen LogP contribution in [0.25, 0.3) is 5.65 Å². The van der Waals surface area contributed by atoms with Crippen LogP contribution in [0.5, 0.6) is 0 Å². The summed E-state index contributed by atoms with van der Waals surface area (Å²) in [5.41, 5.74) is 2.29. The minimum absolute atomic E-state index is 0.0589. The first-order valence-electron chi connectivity index (χ1n) is 7.08. The standard InChI is InChI=1S/C13H12F3N7/c14-13(15,16)12-21-20-11-4-3-10(22-23(11)12)18-8-1-2-9-7(5-8)6-17-19-9/h3-4,6,8H,1-2,5H2,(H,17,19)(H,18,22). The normalized spacial score (nSPS) is 18.1. The Bertz CT molecular complexity index is 851. The van der Waals surface area contributed by atoms with Gasteiger partial charge in [0.25, 0.3) is 5.82 Å². The van der Waals surface area contributed by atoms with Gasteiger partial charge in [-0.2, -0.15) is 22.8 Å². The van der Waals surface area contributed by atoms with Crippen LogP contribution in [0.4, 0.5) is 19.0 Å². The Kier molecular flexibility index (Phi) is 3.00. The average molecular weight is 323 g/mol. The summed E-state index contributed by atoms with van der Waals surface area (Å²) in [6.45, 7) is 0. The van der Waals surface area contributed by atoms with Crippen LogP contribution >= 0.6 is 0 Å². The molecule has 0 saturated carbocycles. The topological polar surface area (TPSA) is 83.8 Å². The second-order valence-corrected chi connectivity index (χ2v) is 5.47. The van der Waals surface area contributed by atoms with E-state index >= 15 is 0 Å². The second-order valence-electron chi connectivity index (χ2n) is 5.47. The zero-order valence-electron chi connectivity index (χ0n) is 11.8. The van der Waals surface area contributed by atoms with Crippen molar-refractivity contribution in [2.75, 3.05) is 5.32 Å². The lowest BCUT2D eigenvalue weighted by molar-refractivity contribution is -0.146. The number of H-pyrrole nitrogens is 1. The third-order valence-corrected chi connectivity index (χ3v) is 3.88. The van der Waals surface area contributed by atoms with Crippen molar-refractivity contribution in [3.63, 3.8) is 0 Å². The van der Waals surface area contributed by atoms with Gasteiger partial charge in [0.15, 0.2) is 5.65 Å². The van der Waals surface area contributed by atoms with Gasteiger partial charge < -0.3 is 5.32 Å². The van der Waals surface area contributed by atoms with Crippen molar-refractivity contribution in [1.29, 1.82) is 0 Å². The van der Waals surface area contributed by atoms with E-state index in [-0.39, 0.29) is 11.7 Å². The van der Waals surface area contributed by atoms with E-state index in [1.54, 1.807) is 12.3 Å². The second kappa shape index (κ2) is 4.93. The lowest BCUT2D eigenvalue weighted by atomic mass is 9.93. The maximum atomic E-state index is 12.9. The van der Waals surface area contributed by atoms with Gasteiger partial charge >= 0.3 is 6.18 Å². The molecule has 1 atom stereocenters. The lowest BCUT2D eigenvalue weighted by Crippen LogP contribution is -2.27. The molecule has 1 unspecified atom stereocenters. The molecule has 3 aromatic rings. The number of fused-ring (bicyclic) bond motifs is 2. The van der Waals surface area contributed by atoms with Gasteiger partial charge in [-0.05, 0) is 37.0 Å². The van der Waals surface area contributed by atoms with Crippen LogP contribution in [0.15, 0.2) is 18.3 Å². The number of halogens is 3. The molecule has 3 heterocycles. The molecule has 0 saturated heterocycles. The van der Waals surface area contributed by atoms with Crippen molar-refractivity contribution in [2.24, 2.45) is 0 Å². The van der Waals surface area contributed by atoms with Crippen molar-refractivity contribution >= 4 is 11.5 Å². The molecule has 0 radical (unpaired) electrons. The maximum Gasteiger partial charge on any atom is 0.453 e. The fraction of sp³-hybridized carbons (Fsp3) is 0.385. The Morgan fingerprint density at radius 1 is 1.26 bits per heavy atom. The predicted octanol–water partition coefficient (Wildman–Crippen LogP) is 1.84. The monoisotopic (exact) mass is 323 g/mol. The van der Waals surface area contributed by atoms with E-state index in [2.05, 4.69) is 30.8 Å². The van der Waals surface area contributed by atoms with Crippen LogP contribution in [0.2, 0.25) is 0 Å². The van der Waals surface area contributed by atoms with E-state index in [9.17, 15) is 13.2 Å². The molecule has 0 aromatic carbocycles. The van der Waals surface area contributed by atoms with Crippen LogP contribution in [0.1, 0.15) is 23.5 Å². The van der Waals surface area contributed by atoms with Gasteiger partial charge in [-0.25, -0.2) is 0 Å². The van der Waals surface area contributed by atoms with Gasteiger partial charge in [0, 0.05) is 11.7 Å². The molecule has 23 heavy (non-hydrogen) atoms. The van der Waals surface area contributed by atoms with E-state index in [1.807, 2.05) is 0 Å². The van der Waals surface area contributed by atoms with E-state index in [0.29, 0.717) is 10.3 Å². The minimum atomic E-state index is -4.60. The van der Waals surface area contributed by atoms with Crippen LogP contribution in [0.3, 0.4) is 0 Å². The molecule has 0 amide bonds. The summed E-state index contributed by atoms with van der Waals surface area (Å²) >= 11 is 0. The molecule has 4 rings (SSSR count). The van der Waals surface area contributed by atoms with Crippen molar-refractivity contribution in [3.05, 3.63) is 35.4 Å². The third kappa shape index (κ3) is 2.49. The summed E-state index contributed by atoms with van der Waals surface area (Å²) in [5, 5.41) is 20.8. The molecular formula is C13H12F3N7. The van der Waals surface area contributed by atoms with E-state index < -0.39 is 12.0 Å². The Hall–Kier alpha value is -2.65. The number of nitrogens with one attached hydrogen (secondary N) is 2. The van der Waals surface area contributed by atoms with Gasteiger partial charge in [-0.1, -0.05) is 0 Å². The maximum absolute atomic E-state index is 12.9. The molecule has 0 spiro atoms. The summed E-state index contributed by atoms with van der Waals surface area (Å²) < 4.78 is 39.3. The molecule has 1 aliphatic rings. The largest absolute Gasteiger partial charge is 0.453 e. The number of rotatable bonds is 2. The summed E-state index contributed by atoms with van der Waals surface area (Å²) in [4.78, 5) is 0. The number of aromatic nitrogens is 6. The van der Waals surface area contributed by atoms with Gasteiger partial charge in [0.2, 0.25) is 0 Å². The fourth-order valence-electron chi connectivity index (χ4n) is 2.79. The van der Waals surface area contributed by atoms with Crippen molar-refractivity contribution < 1.29 is 13.2 Å². The van der Waals surface area contributed by atoms with Crippen LogP contribution < -0.4 is 5.32 Å². The summed E-state index contributed by atoms with van der Waals surface area (Å²) in [6.07, 6.45) is -0.373. The first kappa shape index (κ1) is 14.0. The van der Waals surface area contributed by atoms with E-state index in [0.717, 1.165) is 30.5 Å². The van der Waals surface area contributed by atoms with Crippen LogP contribution in [0, 0.1) is 0 Å². The van der Waals surface area contributed by atoms with Gasteiger partial charge in [0.1, 0.15) is 5.82 Å². The first-order valence-corrected chi connectivity index (χ1v) is 7.08. The Balaban J connectivity index is 1.60. The molecular weight excluding hydrogens is 311 g/mol. The molecule has 0 aliphatic heterocycles. The smallest absolute Gasteiger partial charge is 0.366 e. The Labute approximate surface area is 127 Å². The fourth-order valence-corrected chi connectivity index (χ4v) is 2.79. The number of hydrogen-bond acceptors (Lipinski definition) is 5. The number of aryl methyl sites for hydroxylation is 1. The number of hydrogen-bond donors (Lipinski definition) is 2. The minimum Gasteiger partial charge on any atom is -0.366 e. The average Bonchev–Trinajstić information content (AvgIpc) is 3.11. The zero-order chi connectivity index (χ0) is 16.0. The third-order valence-electron chi connectivity index (χ3n) is 3.88. The highest BCUT2D eigenvalue weighted by atomic mass is 19.4. The van der Waals surface area contributed by atoms with Crippen LogP contribution in [-0.4, -0.2) is 36.1 Å². The summed E-state index contributed by atoms with van der Waals surface area (Å²) in [6, 6.07) is 3.16. The molecule has 3 aromatic heterocycles. The van der Waals surface area contributed by atoms with Crippen molar-refractivity contribution in [3.8, 4) is 0 Å². The Morgan fingerprint density at radius 3 is 2.96 bits per heavy atom. The zero-order valence-corrected chi connectivity index (χ0v) is 11.8. The lowest BCUT2D eigenvalue weighted by Gasteiger charge is -2.23. The van der Waals surface area contributed by atoms with Crippen LogP contribution in [-0.2, 0) is 19.0 Å². The molecule has 7 nitrogen and oxygen atoms in total. The van der Waals surface area contributed by atoms with Gasteiger partial charge in [0.05, 0.1) is 6.20 Å². The first-order chi connectivity index (χ1) is 11.0. The van der Waals surface area contributed by atoms with Crippen molar-refractivity contribution in [1.82, 2.24) is 30.0 Å². The number of anilines is 1. The molecule has 1 aliphatic carbocycles. The number of aromatic amines is 1. The predicted molar refractivity (Wildman–Crippen MR) is 73.8 cm³/mol. The molecule has 2 N–H and O–H groups in total. The van der Waals surface area contributed by atoms with Crippen molar-refractivity contribution in [2.45, 2.75) is 31.5 Å². The summed E-state index contributed by atoms with van der Waals surface area (Å²) in [7, 11) is 0. The highest BCUT2D eigenvalue weighted by molar-refractivity contribution is 5.45.